The Morgan fingerprint density at radius 3 is 2.75 bits per heavy atom. The van der Waals surface area contributed by atoms with Crippen molar-refractivity contribution in [3.05, 3.63) is 11.6 Å². The predicted octanol–water partition coefficient (Wildman–Crippen LogP) is 2.75. The molecule has 0 spiro atoms. The molecule has 0 bridgehead atoms. The van der Waals surface area contributed by atoms with Crippen LogP contribution in [0.2, 0.25) is 0 Å². The first-order valence-electron chi connectivity index (χ1n) is 4.85. The SMILES string of the molecule is CC1=CC(C)(C)C(CCO)CC1. The molecule has 0 aromatic heterocycles. The molecule has 1 aliphatic carbocycles. The van der Waals surface area contributed by atoms with Crippen molar-refractivity contribution in [2.45, 2.75) is 40.0 Å². The van der Waals surface area contributed by atoms with Crippen molar-refractivity contribution in [2.75, 3.05) is 6.61 Å². The first-order valence-corrected chi connectivity index (χ1v) is 4.85. The molecule has 12 heavy (non-hydrogen) atoms. The molecule has 0 aromatic carbocycles. The summed E-state index contributed by atoms with van der Waals surface area (Å²) in [5.74, 6) is 0.672. The summed E-state index contributed by atoms with van der Waals surface area (Å²) in [5.41, 5.74) is 1.81. The average Bonchev–Trinajstić information content (AvgIpc) is 1.94. The first-order chi connectivity index (χ1) is 5.56. The average molecular weight is 168 g/mol. The normalized spacial score (nSPS) is 28.3. The van der Waals surface area contributed by atoms with Crippen molar-refractivity contribution in [3.63, 3.8) is 0 Å². The number of allylic oxidation sites excluding steroid dienone is 2. The summed E-state index contributed by atoms with van der Waals surface area (Å²) in [5, 5.41) is 8.90. The molecule has 0 aliphatic heterocycles. The molecule has 1 aliphatic rings. The summed E-state index contributed by atoms with van der Waals surface area (Å²) >= 11 is 0. The second kappa shape index (κ2) is 3.61. The van der Waals surface area contributed by atoms with Crippen LogP contribution in [0.25, 0.3) is 0 Å². The summed E-state index contributed by atoms with van der Waals surface area (Å²) in [7, 11) is 0. The zero-order valence-corrected chi connectivity index (χ0v) is 8.43. The number of hydrogen-bond donors (Lipinski definition) is 1. The van der Waals surface area contributed by atoms with E-state index in [1.165, 1.54) is 18.4 Å². The molecule has 0 saturated carbocycles. The van der Waals surface area contributed by atoms with Crippen LogP contribution in [0.1, 0.15) is 40.0 Å². The minimum Gasteiger partial charge on any atom is -0.396 e. The van der Waals surface area contributed by atoms with Gasteiger partial charge < -0.3 is 5.11 Å². The molecule has 0 amide bonds. The highest BCUT2D eigenvalue weighted by atomic mass is 16.3. The Kier molecular flexibility index (Phi) is 2.94. The summed E-state index contributed by atoms with van der Waals surface area (Å²) < 4.78 is 0. The number of rotatable bonds is 2. The molecule has 0 aromatic rings. The van der Waals surface area contributed by atoms with E-state index in [1.54, 1.807) is 0 Å². The molecule has 1 heteroatoms. The quantitative estimate of drug-likeness (QED) is 0.629. The van der Waals surface area contributed by atoms with E-state index in [0.29, 0.717) is 17.9 Å². The third-order valence-corrected chi connectivity index (χ3v) is 3.04. The van der Waals surface area contributed by atoms with Gasteiger partial charge in [0.15, 0.2) is 0 Å². The van der Waals surface area contributed by atoms with Crippen LogP contribution >= 0.6 is 0 Å². The molecule has 1 N–H and O–H groups in total. The van der Waals surface area contributed by atoms with Crippen molar-refractivity contribution in [1.82, 2.24) is 0 Å². The molecule has 0 saturated heterocycles. The second-order valence-electron chi connectivity index (χ2n) is 4.56. The highest BCUT2D eigenvalue weighted by Crippen LogP contribution is 2.40. The third-order valence-electron chi connectivity index (χ3n) is 3.04. The molecule has 0 radical (unpaired) electrons. The Morgan fingerprint density at radius 2 is 2.25 bits per heavy atom. The maximum Gasteiger partial charge on any atom is 0.0433 e. The van der Waals surface area contributed by atoms with Gasteiger partial charge in [0.1, 0.15) is 0 Å². The third kappa shape index (κ3) is 2.10. The Morgan fingerprint density at radius 1 is 1.58 bits per heavy atom. The van der Waals surface area contributed by atoms with Gasteiger partial charge in [-0.25, -0.2) is 0 Å². The lowest BCUT2D eigenvalue weighted by Crippen LogP contribution is -2.26. The predicted molar refractivity (Wildman–Crippen MR) is 52.0 cm³/mol. The second-order valence-corrected chi connectivity index (χ2v) is 4.56. The van der Waals surface area contributed by atoms with Crippen LogP contribution in [-0.2, 0) is 0 Å². The van der Waals surface area contributed by atoms with Gasteiger partial charge in [-0.1, -0.05) is 25.5 Å². The zero-order valence-electron chi connectivity index (χ0n) is 8.43. The summed E-state index contributed by atoms with van der Waals surface area (Å²) in [6.07, 6.45) is 5.79. The van der Waals surface area contributed by atoms with E-state index in [9.17, 15) is 0 Å². The Hall–Kier alpha value is -0.300. The van der Waals surface area contributed by atoms with Gasteiger partial charge in [-0.05, 0) is 37.5 Å². The maximum absolute atomic E-state index is 8.90. The van der Waals surface area contributed by atoms with Crippen molar-refractivity contribution in [2.24, 2.45) is 11.3 Å². The van der Waals surface area contributed by atoms with Crippen LogP contribution in [-0.4, -0.2) is 11.7 Å². The van der Waals surface area contributed by atoms with Crippen LogP contribution < -0.4 is 0 Å². The molecule has 0 heterocycles. The molecule has 1 unspecified atom stereocenters. The van der Waals surface area contributed by atoms with Gasteiger partial charge in [-0.2, -0.15) is 0 Å². The van der Waals surface area contributed by atoms with Gasteiger partial charge in [-0.15, -0.1) is 0 Å². The lowest BCUT2D eigenvalue weighted by atomic mass is 9.70. The summed E-state index contributed by atoms with van der Waals surface area (Å²) in [6.45, 7) is 7.09. The van der Waals surface area contributed by atoms with E-state index < -0.39 is 0 Å². The number of hydrogen-bond acceptors (Lipinski definition) is 1. The van der Waals surface area contributed by atoms with Gasteiger partial charge >= 0.3 is 0 Å². The molecule has 70 valence electrons. The first kappa shape index (κ1) is 9.79. The van der Waals surface area contributed by atoms with E-state index in [4.69, 9.17) is 5.11 Å². The Balaban J connectivity index is 2.67. The molecule has 0 fully saturated rings. The highest BCUT2D eigenvalue weighted by Gasteiger charge is 2.29. The van der Waals surface area contributed by atoms with E-state index in [0.717, 1.165) is 6.42 Å². The monoisotopic (exact) mass is 168 g/mol. The van der Waals surface area contributed by atoms with Crippen molar-refractivity contribution in [1.29, 1.82) is 0 Å². The van der Waals surface area contributed by atoms with Gasteiger partial charge in [0.05, 0.1) is 0 Å². The zero-order chi connectivity index (χ0) is 9.19. The molecule has 1 nitrogen and oxygen atoms in total. The lowest BCUT2D eigenvalue weighted by molar-refractivity contribution is 0.178. The fourth-order valence-corrected chi connectivity index (χ4v) is 2.27. The molecule has 1 atom stereocenters. The number of aliphatic hydroxyl groups is 1. The number of aliphatic hydroxyl groups excluding tert-OH is 1. The Labute approximate surface area is 75.5 Å². The fourth-order valence-electron chi connectivity index (χ4n) is 2.27. The largest absolute Gasteiger partial charge is 0.396 e. The van der Waals surface area contributed by atoms with Gasteiger partial charge in [0, 0.05) is 6.61 Å². The van der Waals surface area contributed by atoms with Crippen LogP contribution in [0.4, 0.5) is 0 Å². The summed E-state index contributed by atoms with van der Waals surface area (Å²) in [4.78, 5) is 0. The van der Waals surface area contributed by atoms with Crippen LogP contribution in [0, 0.1) is 11.3 Å². The maximum atomic E-state index is 8.90. The topological polar surface area (TPSA) is 20.2 Å². The Bertz CT molecular complexity index is 179. The van der Waals surface area contributed by atoms with E-state index >= 15 is 0 Å². The minimum atomic E-state index is 0.297. The van der Waals surface area contributed by atoms with Crippen molar-refractivity contribution in [3.8, 4) is 0 Å². The summed E-state index contributed by atoms with van der Waals surface area (Å²) in [6, 6.07) is 0. The van der Waals surface area contributed by atoms with E-state index in [1.807, 2.05) is 0 Å². The van der Waals surface area contributed by atoms with Crippen LogP contribution in [0.15, 0.2) is 11.6 Å². The van der Waals surface area contributed by atoms with Crippen LogP contribution in [0.5, 0.6) is 0 Å². The fraction of sp³-hybridized carbons (Fsp3) is 0.818. The molecular weight excluding hydrogens is 148 g/mol. The highest BCUT2D eigenvalue weighted by molar-refractivity contribution is 5.11. The smallest absolute Gasteiger partial charge is 0.0433 e. The van der Waals surface area contributed by atoms with E-state index in [2.05, 4.69) is 26.8 Å². The van der Waals surface area contributed by atoms with Gasteiger partial charge in [-0.3, -0.25) is 0 Å². The van der Waals surface area contributed by atoms with E-state index in [-0.39, 0.29) is 0 Å². The van der Waals surface area contributed by atoms with Crippen molar-refractivity contribution >= 4 is 0 Å². The van der Waals surface area contributed by atoms with Gasteiger partial charge in [0.2, 0.25) is 0 Å². The minimum absolute atomic E-state index is 0.297. The van der Waals surface area contributed by atoms with Gasteiger partial charge in [0.25, 0.3) is 0 Å². The lowest BCUT2D eigenvalue weighted by Gasteiger charge is -2.36. The molecular formula is C11H20O. The van der Waals surface area contributed by atoms with Crippen molar-refractivity contribution < 1.29 is 5.11 Å². The standard InChI is InChI=1S/C11H20O/c1-9-4-5-10(6-7-12)11(2,3)8-9/h8,10,12H,4-7H2,1-3H3. The molecule has 1 rings (SSSR count). The van der Waals surface area contributed by atoms with Crippen LogP contribution in [0.3, 0.4) is 0 Å².